The third-order valence-corrected chi connectivity index (χ3v) is 4.20. The van der Waals surface area contributed by atoms with Gasteiger partial charge in [0.2, 0.25) is 0 Å². The Morgan fingerprint density at radius 2 is 2.16 bits per heavy atom. The van der Waals surface area contributed by atoms with E-state index in [0.717, 1.165) is 15.2 Å². The second-order valence-corrected chi connectivity index (χ2v) is 5.83. The smallest absolute Gasteiger partial charge is 0.271 e. The van der Waals surface area contributed by atoms with Crippen LogP contribution in [0, 0.1) is 0 Å². The number of anilines is 1. The van der Waals surface area contributed by atoms with E-state index in [0.29, 0.717) is 17.4 Å². The number of nitrogen functional groups attached to an aromatic ring is 1. The maximum Gasteiger partial charge on any atom is 0.271 e. The minimum atomic E-state index is -0.229. The van der Waals surface area contributed by atoms with Crippen LogP contribution < -0.4 is 11.1 Å². The molecule has 0 unspecified atom stereocenters. The van der Waals surface area contributed by atoms with Crippen LogP contribution in [0.25, 0.3) is 10.2 Å². The number of carbonyl (C=O) groups excluding carboxylic acids is 1. The molecule has 7 heteroatoms. The average molecular weight is 290 g/mol. The summed E-state index contributed by atoms with van der Waals surface area (Å²) < 4.78 is 1.12. The SMILES string of the molecule is Nc1nc(C(=O)NCc2nc3ccccc3s2)cs1. The number of nitrogens with two attached hydrogens (primary N) is 1. The van der Waals surface area contributed by atoms with E-state index in [-0.39, 0.29) is 5.91 Å². The van der Waals surface area contributed by atoms with Gasteiger partial charge in [0.25, 0.3) is 5.91 Å². The third kappa shape index (κ3) is 2.56. The summed E-state index contributed by atoms with van der Waals surface area (Å²) in [6.45, 7) is 0.398. The lowest BCUT2D eigenvalue weighted by molar-refractivity contribution is 0.0946. The number of para-hydroxylation sites is 1. The van der Waals surface area contributed by atoms with Gasteiger partial charge in [-0.25, -0.2) is 9.97 Å². The highest BCUT2D eigenvalue weighted by atomic mass is 32.1. The fraction of sp³-hybridized carbons (Fsp3) is 0.0833. The van der Waals surface area contributed by atoms with Gasteiger partial charge in [-0.3, -0.25) is 4.79 Å². The van der Waals surface area contributed by atoms with Crippen LogP contribution in [0.1, 0.15) is 15.5 Å². The minimum Gasteiger partial charge on any atom is -0.375 e. The predicted molar refractivity (Wildman–Crippen MR) is 77.3 cm³/mol. The molecule has 5 nitrogen and oxygen atoms in total. The number of fused-ring (bicyclic) bond motifs is 1. The maximum atomic E-state index is 11.8. The number of hydrogen-bond acceptors (Lipinski definition) is 6. The highest BCUT2D eigenvalue weighted by Gasteiger charge is 2.10. The molecular weight excluding hydrogens is 280 g/mol. The number of carbonyl (C=O) groups is 1. The normalized spacial score (nSPS) is 10.7. The molecule has 1 amide bonds. The Morgan fingerprint density at radius 3 is 2.89 bits per heavy atom. The van der Waals surface area contributed by atoms with Crippen LogP contribution in [-0.2, 0) is 6.54 Å². The lowest BCUT2D eigenvalue weighted by Crippen LogP contribution is -2.23. The lowest BCUT2D eigenvalue weighted by atomic mass is 10.3. The van der Waals surface area contributed by atoms with Crippen LogP contribution in [0.4, 0.5) is 5.13 Å². The Hall–Kier alpha value is -1.99. The minimum absolute atomic E-state index is 0.229. The molecule has 0 aliphatic heterocycles. The number of rotatable bonds is 3. The van der Waals surface area contributed by atoms with Crippen molar-refractivity contribution in [2.45, 2.75) is 6.54 Å². The molecule has 0 saturated carbocycles. The first kappa shape index (κ1) is 12.1. The number of nitrogens with one attached hydrogen (secondary N) is 1. The van der Waals surface area contributed by atoms with E-state index in [1.165, 1.54) is 11.3 Å². The summed E-state index contributed by atoms with van der Waals surface area (Å²) in [6, 6.07) is 7.89. The van der Waals surface area contributed by atoms with Crippen LogP contribution in [0.5, 0.6) is 0 Å². The monoisotopic (exact) mass is 290 g/mol. The first-order valence-electron chi connectivity index (χ1n) is 5.56. The Labute approximate surface area is 117 Å². The van der Waals surface area contributed by atoms with Gasteiger partial charge < -0.3 is 11.1 Å². The van der Waals surface area contributed by atoms with Crippen molar-refractivity contribution in [2.75, 3.05) is 5.73 Å². The van der Waals surface area contributed by atoms with E-state index in [2.05, 4.69) is 15.3 Å². The summed E-state index contributed by atoms with van der Waals surface area (Å²) >= 11 is 2.82. The molecule has 19 heavy (non-hydrogen) atoms. The predicted octanol–water partition coefficient (Wildman–Crippen LogP) is 2.26. The largest absolute Gasteiger partial charge is 0.375 e. The van der Waals surface area contributed by atoms with Crippen LogP contribution in [-0.4, -0.2) is 15.9 Å². The molecule has 1 aromatic carbocycles. The van der Waals surface area contributed by atoms with E-state index in [4.69, 9.17) is 5.73 Å². The van der Waals surface area contributed by atoms with Gasteiger partial charge in [-0.15, -0.1) is 22.7 Å². The Morgan fingerprint density at radius 1 is 1.32 bits per heavy atom. The van der Waals surface area contributed by atoms with Crippen molar-refractivity contribution >= 4 is 43.9 Å². The van der Waals surface area contributed by atoms with E-state index in [1.807, 2.05) is 24.3 Å². The van der Waals surface area contributed by atoms with Crippen LogP contribution >= 0.6 is 22.7 Å². The van der Waals surface area contributed by atoms with Gasteiger partial charge in [-0.05, 0) is 12.1 Å². The van der Waals surface area contributed by atoms with Gasteiger partial charge in [0.15, 0.2) is 5.13 Å². The van der Waals surface area contributed by atoms with Crippen LogP contribution in [0.15, 0.2) is 29.6 Å². The second-order valence-electron chi connectivity index (χ2n) is 3.83. The molecule has 0 bridgehead atoms. The number of aromatic nitrogens is 2. The molecule has 0 spiro atoms. The first-order chi connectivity index (χ1) is 9.22. The number of benzene rings is 1. The fourth-order valence-corrected chi connectivity index (χ4v) is 3.08. The molecule has 0 aliphatic carbocycles. The van der Waals surface area contributed by atoms with E-state index >= 15 is 0 Å². The van der Waals surface area contributed by atoms with Gasteiger partial charge in [-0.2, -0.15) is 0 Å². The van der Waals surface area contributed by atoms with E-state index < -0.39 is 0 Å². The van der Waals surface area contributed by atoms with Crippen LogP contribution in [0.2, 0.25) is 0 Å². The molecule has 96 valence electrons. The standard InChI is InChI=1S/C12H10N4OS2/c13-12-16-8(6-18-12)11(17)14-5-10-15-7-3-1-2-4-9(7)19-10/h1-4,6H,5H2,(H2,13,16)(H,14,17). The Balaban J connectivity index is 1.70. The molecule has 2 aromatic heterocycles. The van der Waals surface area contributed by atoms with E-state index in [9.17, 15) is 4.79 Å². The highest BCUT2D eigenvalue weighted by Crippen LogP contribution is 2.21. The number of amides is 1. The zero-order valence-electron chi connectivity index (χ0n) is 9.79. The quantitative estimate of drug-likeness (QED) is 0.775. The summed E-state index contributed by atoms with van der Waals surface area (Å²) in [4.78, 5) is 20.2. The molecule has 3 rings (SSSR count). The van der Waals surface area contributed by atoms with Crippen molar-refractivity contribution in [3.05, 3.63) is 40.3 Å². The summed E-state index contributed by atoms with van der Waals surface area (Å²) in [7, 11) is 0. The summed E-state index contributed by atoms with van der Waals surface area (Å²) in [5.74, 6) is -0.229. The number of hydrogen-bond donors (Lipinski definition) is 2. The van der Waals surface area contributed by atoms with Gasteiger partial charge >= 0.3 is 0 Å². The molecule has 0 fully saturated rings. The summed E-state index contributed by atoms with van der Waals surface area (Å²) in [5.41, 5.74) is 6.80. The molecule has 0 radical (unpaired) electrons. The van der Waals surface area contributed by atoms with Crippen LogP contribution in [0.3, 0.4) is 0 Å². The summed E-state index contributed by atoms with van der Waals surface area (Å²) in [5, 5.41) is 5.70. The van der Waals surface area contributed by atoms with Gasteiger partial charge in [0, 0.05) is 5.38 Å². The van der Waals surface area contributed by atoms with Gasteiger partial charge in [0.1, 0.15) is 10.7 Å². The molecule has 2 heterocycles. The van der Waals surface area contributed by atoms with Crippen molar-refractivity contribution in [3.63, 3.8) is 0 Å². The number of thiazole rings is 2. The molecule has 3 N–H and O–H groups in total. The lowest BCUT2D eigenvalue weighted by Gasteiger charge is -1.99. The van der Waals surface area contributed by atoms with Gasteiger partial charge in [-0.1, -0.05) is 12.1 Å². The zero-order chi connectivity index (χ0) is 13.2. The average Bonchev–Trinajstić information content (AvgIpc) is 3.01. The molecule has 0 saturated heterocycles. The molecule has 0 aliphatic rings. The fourth-order valence-electron chi connectivity index (χ4n) is 1.63. The molecule has 0 atom stereocenters. The highest BCUT2D eigenvalue weighted by molar-refractivity contribution is 7.18. The Bertz CT molecular complexity index is 701. The van der Waals surface area contributed by atoms with Crippen molar-refractivity contribution in [2.24, 2.45) is 0 Å². The Kier molecular flexibility index (Phi) is 3.14. The van der Waals surface area contributed by atoms with Crippen molar-refractivity contribution in [1.29, 1.82) is 0 Å². The molecular formula is C12H10N4OS2. The first-order valence-corrected chi connectivity index (χ1v) is 7.25. The van der Waals surface area contributed by atoms with Gasteiger partial charge in [0.05, 0.1) is 16.8 Å². The number of nitrogens with zero attached hydrogens (tertiary/aromatic N) is 2. The zero-order valence-corrected chi connectivity index (χ0v) is 11.4. The van der Waals surface area contributed by atoms with Crippen molar-refractivity contribution < 1.29 is 4.79 Å². The second kappa shape index (κ2) is 4.94. The maximum absolute atomic E-state index is 11.8. The summed E-state index contributed by atoms with van der Waals surface area (Å²) in [6.07, 6.45) is 0. The van der Waals surface area contributed by atoms with E-state index in [1.54, 1.807) is 16.7 Å². The topological polar surface area (TPSA) is 80.9 Å². The van der Waals surface area contributed by atoms with Crippen molar-refractivity contribution in [1.82, 2.24) is 15.3 Å². The van der Waals surface area contributed by atoms with Crippen molar-refractivity contribution in [3.8, 4) is 0 Å². The third-order valence-electron chi connectivity index (χ3n) is 2.49. The molecule has 3 aromatic rings.